The number of aromatic nitrogens is 1. The van der Waals surface area contributed by atoms with E-state index in [1.807, 2.05) is 54.3 Å². The highest BCUT2D eigenvalue weighted by Crippen LogP contribution is 2.36. The van der Waals surface area contributed by atoms with Crippen LogP contribution < -0.4 is 4.90 Å². The maximum absolute atomic E-state index is 13.0. The van der Waals surface area contributed by atoms with Gasteiger partial charge in [-0.3, -0.25) is 9.78 Å². The second kappa shape index (κ2) is 9.07. The van der Waals surface area contributed by atoms with E-state index >= 15 is 0 Å². The minimum Gasteiger partial charge on any atom is -0.360 e. The minimum absolute atomic E-state index is 0.00221. The zero-order valence-electron chi connectivity index (χ0n) is 16.8. The Labute approximate surface area is 187 Å². The molecule has 0 saturated carbocycles. The van der Waals surface area contributed by atoms with Crippen molar-refractivity contribution in [3.63, 3.8) is 0 Å². The average molecular weight is 440 g/mol. The van der Waals surface area contributed by atoms with Gasteiger partial charge in [0.2, 0.25) is 5.91 Å². The molecule has 0 bridgehead atoms. The summed E-state index contributed by atoms with van der Waals surface area (Å²) in [6.45, 7) is 3.98. The Hall–Kier alpha value is -2.56. The maximum Gasteiger partial charge on any atom is 0.227 e. The van der Waals surface area contributed by atoms with Crippen molar-refractivity contribution in [3.05, 3.63) is 93.7 Å². The summed E-state index contributed by atoms with van der Waals surface area (Å²) < 4.78 is 0. The fourth-order valence-corrected chi connectivity index (χ4v) is 4.37. The zero-order chi connectivity index (χ0) is 21.1. The number of carbonyl (C=O) groups is 1. The highest BCUT2D eigenvalue weighted by atomic mass is 35.5. The third kappa shape index (κ3) is 4.61. The molecular formula is C24H23Cl2N3O. The Kier molecular flexibility index (Phi) is 6.26. The fraction of sp³-hybridized carbons (Fsp3) is 0.250. The van der Waals surface area contributed by atoms with E-state index in [1.54, 1.807) is 12.4 Å². The lowest BCUT2D eigenvalue weighted by Crippen LogP contribution is -2.51. The summed E-state index contributed by atoms with van der Waals surface area (Å²) in [5.41, 5.74) is 4.20. The maximum atomic E-state index is 13.0. The smallest absolute Gasteiger partial charge is 0.227 e. The summed E-state index contributed by atoms with van der Waals surface area (Å²) in [6.07, 6.45) is 3.81. The van der Waals surface area contributed by atoms with Crippen molar-refractivity contribution in [2.24, 2.45) is 0 Å². The van der Waals surface area contributed by atoms with Gasteiger partial charge in [0.05, 0.1) is 23.2 Å². The van der Waals surface area contributed by atoms with E-state index in [0.29, 0.717) is 31.1 Å². The van der Waals surface area contributed by atoms with Crippen LogP contribution in [0.25, 0.3) is 0 Å². The standard InChI is InChI=1S/C24H23Cl2N3O/c1-17-2-7-22(21(26)14-17)29-13-12-28(24(30)15-18-8-10-27-11-9-18)16-23(29)19-3-5-20(25)6-4-19/h2-11,14,23H,12-13,15-16H2,1H3/t23-/m0/s1. The number of nitrogens with zero attached hydrogens (tertiary/aromatic N) is 3. The van der Waals surface area contributed by atoms with Crippen LogP contribution in [0, 0.1) is 6.92 Å². The molecule has 30 heavy (non-hydrogen) atoms. The molecule has 1 fully saturated rings. The Balaban J connectivity index is 1.61. The molecule has 0 radical (unpaired) electrons. The molecule has 154 valence electrons. The van der Waals surface area contributed by atoms with E-state index in [0.717, 1.165) is 27.4 Å². The fourth-order valence-electron chi connectivity index (χ4n) is 3.90. The molecule has 0 spiro atoms. The summed E-state index contributed by atoms with van der Waals surface area (Å²) >= 11 is 12.7. The quantitative estimate of drug-likeness (QED) is 0.550. The molecule has 4 rings (SSSR count). The molecule has 1 saturated heterocycles. The van der Waals surface area contributed by atoms with Crippen LogP contribution in [0.1, 0.15) is 22.7 Å². The molecule has 1 aliphatic rings. The van der Waals surface area contributed by atoms with Crippen molar-refractivity contribution in [2.45, 2.75) is 19.4 Å². The van der Waals surface area contributed by atoms with Gasteiger partial charge in [-0.05, 0) is 60.0 Å². The first-order valence-corrected chi connectivity index (χ1v) is 10.7. The lowest BCUT2D eigenvalue weighted by molar-refractivity contribution is -0.131. The van der Waals surface area contributed by atoms with Gasteiger partial charge in [0.15, 0.2) is 0 Å². The van der Waals surface area contributed by atoms with Gasteiger partial charge in [0.25, 0.3) is 0 Å². The predicted octanol–water partition coefficient (Wildman–Crippen LogP) is 5.33. The number of anilines is 1. The van der Waals surface area contributed by atoms with Gasteiger partial charge < -0.3 is 9.80 Å². The van der Waals surface area contributed by atoms with Crippen LogP contribution in [0.3, 0.4) is 0 Å². The van der Waals surface area contributed by atoms with E-state index in [2.05, 4.69) is 22.0 Å². The van der Waals surface area contributed by atoms with Crippen molar-refractivity contribution in [3.8, 4) is 0 Å². The number of benzene rings is 2. The van der Waals surface area contributed by atoms with Crippen LogP contribution in [0.15, 0.2) is 67.0 Å². The summed E-state index contributed by atoms with van der Waals surface area (Å²) in [6, 6.07) is 17.7. The van der Waals surface area contributed by atoms with Crippen molar-refractivity contribution in [1.82, 2.24) is 9.88 Å². The first kappa shape index (κ1) is 20.7. The number of amides is 1. The number of piperazine rings is 1. The minimum atomic E-state index is -0.00221. The van der Waals surface area contributed by atoms with Gasteiger partial charge in [-0.1, -0.05) is 41.4 Å². The molecule has 3 aromatic rings. The third-order valence-electron chi connectivity index (χ3n) is 5.51. The van der Waals surface area contributed by atoms with Crippen molar-refractivity contribution in [2.75, 3.05) is 24.5 Å². The Morgan fingerprint density at radius 1 is 1.03 bits per heavy atom. The van der Waals surface area contributed by atoms with Crippen LogP contribution in [-0.4, -0.2) is 35.4 Å². The average Bonchev–Trinajstić information content (AvgIpc) is 2.75. The van der Waals surface area contributed by atoms with Gasteiger partial charge in [-0.15, -0.1) is 0 Å². The second-order valence-electron chi connectivity index (χ2n) is 7.59. The van der Waals surface area contributed by atoms with Crippen LogP contribution in [0.5, 0.6) is 0 Å². The summed E-state index contributed by atoms with van der Waals surface area (Å²) in [5, 5.41) is 1.42. The van der Waals surface area contributed by atoms with Gasteiger partial charge in [0.1, 0.15) is 0 Å². The van der Waals surface area contributed by atoms with Gasteiger partial charge in [-0.25, -0.2) is 0 Å². The number of halogens is 2. The largest absolute Gasteiger partial charge is 0.360 e. The van der Waals surface area contributed by atoms with Crippen LogP contribution in [-0.2, 0) is 11.2 Å². The van der Waals surface area contributed by atoms with Crippen molar-refractivity contribution in [1.29, 1.82) is 0 Å². The molecule has 6 heteroatoms. The zero-order valence-corrected chi connectivity index (χ0v) is 18.3. The molecule has 1 aliphatic heterocycles. The molecule has 1 aromatic heterocycles. The lowest BCUT2D eigenvalue weighted by Gasteiger charge is -2.43. The van der Waals surface area contributed by atoms with Crippen LogP contribution in [0.4, 0.5) is 5.69 Å². The van der Waals surface area contributed by atoms with Crippen molar-refractivity contribution >= 4 is 34.8 Å². The molecule has 1 amide bonds. The van der Waals surface area contributed by atoms with Gasteiger partial charge in [-0.2, -0.15) is 0 Å². The molecule has 2 aromatic carbocycles. The van der Waals surface area contributed by atoms with Crippen LogP contribution >= 0.6 is 23.2 Å². The Bertz CT molecular complexity index is 1020. The summed E-state index contributed by atoms with van der Waals surface area (Å²) in [7, 11) is 0. The SMILES string of the molecule is Cc1ccc(N2CCN(C(=O)Cc3ccncc3)C[C@H]2c2ccc(Cl)cc2)c(Cl)c1. The van der Waals surface area contributed by atoms with Gasteiger partial charge in [0, 0.05) is 37.1 Å². The number of pyridine rings is 1. The highest BCUT2D eigenvalue weighted by Gasteiger charge is 2.31. The summed E-state index contributed by atoms with van der Waals surface area (Å²) in [4.78, 5) is 21.3. The molecule has 0 aliphatic carbocycles. The first-order valence-electron chi connectivity index (χ1n) is 9.96. The predicted molar refractivity (Wildman–Crippen MR) is 122 cm³/mol. The van der Waals surface area contributed by atoms with E-state index in [-0.39, 0.29) is 11.9 Å². The van der Waals surface area contributed by atoms with Crippen LogP contribution in [0.2, 0.25) is 10.0 Å². The highest BCUT2D eigenvalue weighted by molar-refractivity contribution is 6.33. The molecule has 4 nitrogen and oxygen atoms in total. The Morgan fingerprint density at radius 3 is 2.47 bits per heavy atom. The number of hydrogen-bond donors (Lipinski definition) is 0. The van der Waals surface area contributed by atoms with Crippen molar-refractivity contribution < 1.29 is 4.79 Å². The monoisotopic (exact) mass is 439 g/mol. The number of hydrogen-bond acceptors (Lipinski definition) is 3. The number of rotatable bonds is 4. The molecule has 0 N–H and O–H groups in total. The van der Waals surface area contributed by atoms with E-state index in [4.69, 9.17) is 23.2 Å². The number of aryl methyl sites for hydroxylation is 1. The lowest BCUT2D eigenvalue weighted by atomic mass is 10.0. The first-order chi connectivity index (χ1) is 14.5. The number of carbonyl (C=O) groups excluding carboxylic acids is 1. The summed E-state index contributed by atoms with van der Waals surface area (Å²) in [5.74, 6) is 0.120. The third-order valence-corrected chi connectivity index (χ3v) is 6.06. The molecule has 0 unspecified atom stereocenters. The molecule has 1 atom stereocenters. The normalized spacial score (nSPS) is 16.6. The van der Waals surface area contributed by atoms with Gasteiger partial charge >= 0.3 is 0 Å². The topological polar surface area (TPSA) is 36.4 Å². The van der Waals surface area contributed by atoms with E-state index in [1.165, 1.54) is 0 Å². The van der Waals surface area contributed by atoms with E-state index < -0.39 is 0 Å². The second-order valence-corrected chi connectivity index (χ2v) is 8.43. The Morgan fingerprint density at radius 2 is 1.77 bits per heavy atom. The molecule has 2 heterocycles. The molecular weight excluding hydrogens is 417 g/mol. The van der Waals surface area contributed by atoms with E-state index in [9.17, 15) is 4.79 Å².